The summed E-state index contributed by atoms with van der Waals surface area (Å²) in [5.41, 5.74) is -1.54. The summed E-state index contributed by atoms with van der Waals surface area (Å²) in [7, 11) is -3.14. The Labute approximate surface area is 205 Å². The van der Waals surface area contributed by atoms with Gasteiger partial charge in [-0.15, -0.1) is 0 Å². The molecular formula is C23H21Cl2F3N2O3S. The highest BCUT2D eigenvalue weighted by molar-refractivity contribution is 7.93. The van der Waals surface area contributed by atoms with Gasteiger partial charge >= 0.3 is 6.18 Å². The molecule has 0 radical (unpaired) electrons. The highest BCUT2D eigenvalue weighted by Crippen LogP contribution is 2.48. The molecule has 0 aliphatic carbocycles. The lowest BCUT2D eigenvalue weighted by Gasteiger charge is -2.38. The summed E-state index contributed by atoms with van der Waals surface area (Å²) in [6.45, 7) is 2.82. The topological polar surface area (TPSA) is 75.6 Å². The smallest absolute Gasteiger partial charge is 0.345 e. The number of aryl methyl sites for hydroxylation is 1. The third kappa shape index (κ3) is 4.57. The number of carbonyl (C=O) groups excluding carboxylic acids is 1. The number of aliphatic imine (C=N–C) groups is 1. The summed E-state index contributed by atoms with van der Waals surface area (Å²) in [6.07, 6.45) is -4.99. The fourth-order valence-electron chi connectivity index (χ4n) is 4.64. The number of carbonyl (C=O) groups is 1. The fourth-order valence-corrected chi connectivity index (χ4v) is 7.17. The molecule has 1 N–H and O–H groups in total. The van der Waals surface area contributed by atoms with Crippen LogP contribution in [0, 0.1) is 6.92 Å². The van der Waals surface area contributed by atoms with Crippen LogP contribution in [0.15, 0.2) is 41.4 Å². The standard InChI is InChI=1S/C23H21Cl2F3N2O3S/c1-13-5-14(3-4-18(13)20(31)30-21(2)11-34(32,33)12-21)19-9-22(10-29-19,23(26,27)28)15-6-16(24)8-17(25)7-15/h3-8H,9-12H2,1-2H3,(H,30,31). The van der Waals surface area contributed by atoms with Crippen LogP contribution in [-0.4, -0.2) is 49.8 Å². The predicted molar refractivity (Wildman–Crippen MR) is 126 cm³/mol. The summed E-state index contributed by atoms with van der Waals surface area (Å²) in [5, 5.41) is 2.96. The minimum Gasteiger partial charge on any atom is -0.345 e. The second-order valence-corrected chi connectivity index (χ2v) is 12.2. The Kier molecular flexibility index (Phi) is 6.06. The molecule has 2 heterocycles. The Bertz CT molecular complexity index is 1290. The first kappa shape index (κ1) is 25.0. The lowest BCUT2D eigenvalue weighted by molar-refractivity contribution is -0.183. The molecule has 1 atom stereocenters. The number of nitrogens with zero attached hydrogens (tertiary/aromatic N) is 1. The fraction of sp³-hybridized carbons (Fsp3) is 0.391. The van der Waals surface area contributed by atoms with Crippen molar-refractivity contribution in [2.45, 2.75) is 37.4 Å². The van der Waals surface area contributed by atoms with Crippen LogP contribution < -0.4 is 5.32 Å². The Morgan fingerprint density at radius 2 is 1.71 bits per heavy atom. The van der Waals surface area contributed by atoms with Gasteiger partial charge < -0.3 is 5.32 Å². The monoisotopic (exact) mass is 532 g/mol. The van der Waals surface area contributed by atoms with Gasteiger partial charge in [-0.1, -0.05) is 29.3 Å². The van der Waals surface area contributed by atoms with E-state index in [2.05, 4.69) is 10.3 Å². The number of hydrogen-bond donors (Lipinski definition) is 1. The number of amides is 1. The number of rotatable bonds is 4. The van der Waals surface area contributed by atoms with Crippen molar-refractivity contribution in [3.8, 4) is 0 Å². The van der Waals surface area contributed by atoms with Gasteiger partial charge in [-0.3, -0.25) is 9.79 Å². The van der Waals surface area contributed by atoms with Crippen LogP contribution in [0.4, 0.5) is 13.2 Å². The van der Waals surface area contributed by atoms with Crippen LogP contribution in [0.3, 0.4) is 0 Å². The van der Waals surface area contributed by atoms with Crippen LogP contribution in [0.1, 0.15) is 40.4 Å². The molecule has 0 bridgehead atoms. The van der Waals surface area contributed by atoms with Gasteiger partial charge in [0.25, 0.3) is 5.91 Å². The van der Waals surface area contributed by atoms with E-state index in [4.69, 9.17) is 23.2 Å². The van der Waals surface area contributed by atoms with Crippen LogP contribution in [0.25, 0.3) is 0 Å². The molecule has 1 fully saturated rings. The maximum atomic E-state index is 14.3. The number of alkyl halides is 3. The molecular weight excluding hydrogens is 512 g/mol. The number of sulfone groups is 1. The Morgan fingerprint density at radius 3 is 2.24 bits per heavy atom. The van der Waals surface area contributed by atoms with E-state index in [0.717, 1.165) is 0 Å². The molecule has 0 aromatic heterocycles. The molecule has 182 valence electrons. The molecule has 2 aromatic rings. The zero-order chi connectivity index (χ0) is 25.1. The zero-order valence-corrected chi connectivity index (χ0v) is 20.6. The van der Waals surface area contributed by atoms with Gasteiger partial charge in [0, 0.05) is 27.7 Å². The van der Waals surface area contributed by atoms with E-state index in [-0.39, 0.29) is 32.8 Å². The van der Waals surface area contributed by atoms with Crippen LogP contribution in [0.5, 0.6) is 0 Å². The van der Waals surface area contributed by atoms with E-state index in [1.54, 1.807) is 26.0 Å². The Hall–Kier alpha value is -2.10. The van der Waals surface area contributed by atoms with Gasteiger partial charge in [-0.05, 0) is 60.9 Å². The average Bonchev–Trinajstić information content (AvgIpc) is 3.12. The minimum absolute atomic E-state index is 0.0485. The van der Waals surface area contributed by atoms with Gasteiger partial charge in [0.1, 0.15) is 5.41 Å². The maximum absolute atomic E-state index is 14.3. The van der Waals surface area contributed by atoms with Crippen LogP contribution in [0.2, 0.25) is 10.0 Å². The lowest BCUT2D eigenvalue weighted by atomic mass is 9.76. The molecule has 1 saturated heterocycles. The summed E-state index contributed by atoms with van der Waals surface area (Å²) < 4.78 is 65.9. The van der Waals surface area contributed by atoms with Gasteiger partial charge in [0.05, 0.1) is 23.6 Å². The zero-order valence-electron chi connectivity index (χ0n) is 18.3. The van der Waals surface area contributed by atoms with Crippen molar-refractivity contribution >= 4 is 44.7 Å². The molecule has 1 amide bonds. The number of halogens is 5. The van der Waals surface area contributed by atoms with Gasteiger partial charge in [-0.25, -0.2) is 8.42 Å². The molecule has 2 aliphatic rings. The quantitative estimate of drug-likeness (QED) is 0.607. The first-order valence-corrected chi connectivity index (χ1v) is 12.9. The van der Waals surface area contributed by atoms with E-state index in [1.807, 2.05) is 0 Å². The third-order valence-electron chi connectivity index (χ3n) is 6.26. The molecule has 4 rings (SSSR count). The molecule has 5 nitrogen and oxygen atoms in total. The molecule has 11 heteroatoms. The normalized spacial score (nSPS) is 23.2. The highest BCUT2D eigenvalue weighted by Gasteiger charge is 2.58. The summed E-state index contributed by atoms with van der Waals surface area (Å²) in [6, 6.07) is 8.59. The SMILES string of the molecule is Cc1cc(C2=NCC(c3cc(Cl)cc(Cl)c3)(C(F)(F)F)C2)ccc1C(=O)NC1(C)CS(=O)(=O)C1. The maximum Gasteiger partial charge on any atom is 0.400 e. The molecule has 2 aliphatic heterocycles. The predicted octanol–water partition coefficient (Wildman–Crippen LogP) is 4.91. The van der Waals surface area contributed by atoms with E-state index >= 15 is 0 Å². The second kappa shape index (κ2) is 8.24. The van der Waals surface area contributed by atoms with Crippen molar-refractivity contribution in [1.82, 2.24) is 5.32 Å². The number of hydrogen-bond acceptors (Lipinski definition) is 4. The lowest BCUT2D eigenvalue weighted by Crippen LogP contribution is -2.63. The van der Waals surface area contributed by atoms with E-state index in [9.17, 15) is 26.4 Å². The van der Waals surface area contributed by atoms with Crippen molar-refractivity contribution in [2.24, 2.45) is 4.99 Å². The van der Waals surface area contributed by atoms with Crippen molar-refractivity contribution in [2.75, 3.05) is 18.1 Å². The van der Waals surface area contributed by atoms with Gasteiger partial charge in [-0.2, -0.15) is 13.2 Å². The Morgan fingerprint density at radius 1 is 1.09 bits per heavy atom. The van der Waals surface area contributed by atoms with Gasteiger partial charge in [0.15, 0.2) is 9.84 Å². The number of benzene rings is 2. The third-order valence-corrected chi connectivity index (χ3v) is 8.85. The highest BCUT2D eigenvalue weighted by atomic mass is 35.5. The minimum atomic E-state index is -4.60. The molecule has 0 spiro atoms. The van der Waals surface area contributed by atoms with Crippen LogP contribution in [-0.2, 0) is 15.3 Å². The van der Waals surface area contributed by atoms with Gasteiger partial charge in [0.2, 0.25) is 0 Å². The molecule has 0 saturated carbocycles. The molecule has 34 heavy (non-hydrogen) atoms. The summed E-state index contributed by atoms with van der Waals surface area (Å²) in [5.74, 6) is -0.701. The van der Waals surface area contributed by atoms with Crippen molar-refractivity contribution in [3.63, 3.8) is 0 Å². The van der Waals surface area contributed by atoms with Crippen LogP contribution >= 0.6 is 23.2 Å². The largest absolute Gasteiger partial charge is 0.400 e. The van der Waals surface area contributed by atoms with Crippen molar-refractivity contribution < 1.29 is 26.4 Å². The van der Waals surface area contributed by atoms with Crippen molar-refractivity contribution in [1.29, 1.82) is 0 Å². The molecule has 1 unspecified atom stereocenters. The Balaban J connectivity index is 1.58. The van der Waals surface area contributed by atoms with Crippen molar-refractivity contribution in [3.05, 3.63) is 68.7 Å². The first-order chi connectivity index (χ1) is 15.6. The molecule has 2 aromatic carbocycles. The summed E-state index contributed by atoms with van der Waals surface area (Å²) >= 11 is 12.0. The summed E-state index contributed by atoms with van der Waals surface area (Å²) in [4.78, 5) is 16.9. The second-order valence-electron chi connectivity index (χ2n) is 9.25. The van der Waals surface area contributed by atoms with E-state index < -0.39 is 45.8 Å². The van der Waals surface area contributed by atoms with E-state index in [0.29, 0.717) is 16.7 Å². The van der Waals surface area contributed by atoms with E-state index in [1.165, 1.54) is 24.3 Å². The first-order valence-electron chi connectivity index (χ1n) is 10.3. The average molecular weight is 533 g/mol. The number of nitrogens with one attached hydrogen (secondary N) is 1.